The molecule has 222 valence electrons. The number of allylic oxidation sites excluding steroid dienone is 1. The largest absolute Gasteiger partial charge is 0.494 e. The number of carbonyl (C=O) groups excluding carboxylic acids is 1. The van der Waals surface area contributed by atoms with Crippen LogP contribution in [0.3, 0.4) is 0 Å². The van der Waals surface area contributed by atoms with Crippen molar-refractivity contribution in [3.63, 3.8) is 0 Å². The van der Waals surface area contributed by atoms with E-state index in [1.165, 1.54) is 22.1 Å². The van der Waals surface area contributed by atoms with Gasteiger partial charge in [-0.2, -0.15) is 0 Å². The smallest absolute Gasteiger partial charge is 0.338 e. The quantitative estimate of drug-likeness (QED) is 0.195. The Kier molecular flexibility index (Phi) is 8.43. The van der Waals surface area contributed by atoms with E-state index < -0.39 is 12.0 Å². The van der Waals surface area contributed by atoms with Gasteiger partial charge in [-0.25, -0.2) is 9.79 Å². The minimum absolute atomic E-state index is 0.220. The van der Waals surface area contributed by atoms with E-state index in [9.17, 15) is 9.59 Å². The summed E-state index contributed by atoms with van der Waals surface area (Å²) in [7, 11) is 0. The van der Waals surface area contributed by atoms with E-state index in [-0.39, 0.29) is 12.2 Å². The van der Waals surface area contributed by atoms with Crippen LogP contribution in [0.5, 0.6) is 11.5 Å². The van der Waals surface area contributed by atoms with Crippen LogP contribution in [0.2, 0.25) is 0 Å². The lowest BCUT2D eigenvalue weighted by molar-refractivity contribution is -0.139. The predicted octanol–water partition coefficient (Wildman–Crippen LogP) is 5.93. The van der Waals surface area contributed by atoms with Crippen molar-refractivity contribution in [3.05, 3.63) is 139 Å². The summed E-state index contributed by atoms with van der Waals surface area (Å²) in [6, 6.07) is 28.9. The number of aromatic nitrogens is 1. The first kappa shape index (κ1) is 29.1. The van der Waals surface area contributed by atoms with Crippen LogP contribution in [-0.4, -0.2) is 23.8 Å². The number of fused-ring (bicyclic) bond motifs is 2. The van der Waals surface area contributed by atoms with Crippen LogP contribution in [0.1, 0.15) is 43.5 Å². The lowest BCUT2D eigenvalue weighted by atomic mass is 9.96. The molecule has 0 radical (unpaired) electrons. The van der Waals surface area contributed by atoms with Crippen LogP contribution in [0, 0.1) is 0 Å². The Bertz CT molecular complexity index is 2030. The summed E-state index contributed by atoms with van der Waals surface area (Å²) in [5, 5.41) is 2.35. The van der Waals surface area contributed by atoms with Crippen LogP contribution < -0.4 is 24.4 Å². The Labute approximate surface area is 259 Å². The molecule has 0 fully saturated rings. The fraction of sp³-hybridized carbons (Fsp3) is 0.194. The molecular formula is C36H32N2O5S. The van der Waals surface area contributed by atoms with Gasteiger partial charge in [0.15, 0.2) is 4.80 Å². The van der Waals surface area contributed by atoms with Gasteiger partial charge in [0.05, 0.1) is 35.1 Å². The Hall–Kier alpha value is -4.95. The standard InChI is InChI=1S/C36H32N2O5S/c1-4-41-28-19-15-26(16-20-28)33-32(35(40)42-5-2)23(3)37-36-38(33)34(39)31(44-36)21-24-13-17-29(18-14-24)43-22-27-11-8-10-25-9-6-7-12-30(25)27/h6-21,33H,4-5,22H2,1-3H3/b31-21-/t33-/m0/s1. The molecule has 44 heavy (non-hydrogen) atoms. The van der Waals surface area contributed by atoms with Crippen molar-refractivity contribution >= 4 is 34.2 Å². The zero-order valence-corrected chi connectivity index (χ0v) is 25.6. The third-order valence-corrected chi connectivity index (χ3v) is 8.46. The van der Waals surface area contributed by atoms with Crippen LogP contribution in [0.15, 0.2) is 112 Å². The molecule has 0 amide bonds. The molecule has 0 aliphatic carbocycles. The highest BCUT2D eigenvalue weighted by Gasteiger charge is 2.33. The van der Waals surface area contributed by atoms with E-state index in [1.54, 1.807) is 18.4 Å². The molecule has 1 aliphatic rings. The molecule has 1 aromatic heterocycles. The molecule has 1 aliphatic heterocycles. The molecule has 6 rings (SSSR count). The summed E-state index contributed by atoms with van der Waals surface area (Å²) >= 11 is 1.30. The first-order valence-electron chi connectivity index (χ1n) is 14.6. The molecule has 0 spiro atoms. The Morgan fingerprint density at radius 2 is 1.59 bits per heavy atom. The fourth-order valence-corrected chi connectivity index (χ4v) is 6.46. The number of rotatable bonds is 9. The molecule has 0 saturated heterocycles. The average Bonchev–Trinajstić information content (AvgIpc) is 3.34. The third kappa shape index (κ3) is 5.81. The topological polar surface area (TPSA) is 79.1 Å². The van der Waals surface area contributed by atoms with Crippen molar-refractivity contribution in [1.82, 2.24) is 4.57 Å². The van der Waals surface area contributed by atoms with Gasteiger partial charge in [0.25, 0.3) is 5.56 Å². The van der Waals surface area contributed by atoms with Crippen molar-refractivity contribution in [2.75, 3.05) is 13.2 Å². The zero-order chi connectivity index (χ0) is 30.6. The predicted molar refractivity (Wildman–Crippen MR) is 173 cm³/mol. The molecule has 0 saturated carbocycles. The second-order valence-corrected chi connectivity index (χ2v) is 11.3. The van der Waals surface area contributed by atoms with Crippen LogP contribution in [-0.2, 0) is 16.1 Å². The van der Waals surface area contributed by atoms with Gasteiger partial charge in [0.1, 0.15) is 18.1 Å². The van der Waals surface area contributed by atoms with E-state index in [1.807, 2.05) is 79.7 Å². The molecule has 0 bridgehead atoms. The maximum absolute atomic E-state index is 13.9. The number of nitrogens with zero attached hydrogens (tertiary/aromatic N) is 2. The molecule has 7 nitrogen and oxygen atoms in total. The lowest BCUT2D eigenvalue weighted by Crippen LogP contribution is -2.39. The SMILES string of the molecule is CCOC(=O)C1=C(C)N=c2s/c(=C\c3ccc(OCc4cccc5ccccc45)cc3)c(=O)n2[C@H]1c1ccc(OCC)cc1. The summed E-state index contributed by atoms with van der Waals surface area (Å²) in [5.41, 5.74) is 3.40. The van der Waals surface area contributed by atoms with Crippen LogP contribution in [0.4, 0.5) is 0 Å². The maximum atomic E-state index is 13.9. The van der Waals surface area contributed by atoms with Gasteiger partial charge in [-0.3, -0.25) is 9.36 Å². The molecular weight excluding hydrogens is 572 g/mol. The summed E-state index contributed by atoms with van der Waals surface area (Å²) in [4.78, 5) is 32.2. The summed E-state index contributed by atoms with van der Waals surface area (Å²) < 4.78 is 19.2. The average molecular weight is 605 g/mol. The van der Waals surface area contributed by atoms with Gasteiger partial charge < -0.3 is 14.2 Å². The van der Waals surface area contributed by atoms with Crippen molar-refractivity contribution in [2.45, 2.75) is 33.4 Å². The van der Waals surface area contributed by atoms with Crippen molar-refractivity contribution in [2.24, 2.45) is 4.99 Å². The van der Waals surface area contributed by atoms with Gasteiger partial charge in [0.2, 0.25) is 0 Å². The first-order valence-corrected chi connectivity index (χ1v) is 15.4. The number of hydrogen-bond acceptors (Lipinski definition) is 7. The third-order valence-electron chi connectivity index (χ3n) is 7.48. The Balaban J connectivity index is 1.31. The van der Waals surface area contributed by atoms with Crippen molar-refractivity contribution < 1.29 is 19.0 Å². The van der Waals surface area contributed by atoms with Gasteiger partial charge >= 0.3 is 5.97 Å². The minimum Gasteiger partial charge on any atom is -0.494 e. The zero-order valence-electron chi connectivity index (χ0n) is 24.8. The minimum atomic E-state index is -0.673. The second kappa shape index (κ2) is 12.7. The second-order valence-electron chi connectivity index (χ2n) is 10.3. The number of carbonyl (C=O) groups is 1. The molecule has 4 aromatic carbocycles. The van der Waals surface area contributed by atoms with Crippen LogP contribution in [0.25, 0.3) is 16.8 Å². The highest BCUT2D eigenvalue weighted by atomic mass is 32.1. The van der Waals surface area contributed by atoms with Gasteiger partial charge in [-0.1, -0.05) is 78.1 Å². The number of thiazole rings is 1. The fourth-order valence-electron chi connectivity index (χ4n) is 5.41. The van der Waals surface area contributed by atoms with Crippen LogP contribution >= 0.6 is 11.3 Å². The van der Waals surface area contributed by atoms with E-state index in [4.69, 9.17) is 14.2 Å². The maximum Gasteiger partial charge on any atom is 0.338 e. The molecule has 0 unspecified atom stereocenters. The van der Waals surface area contributed by atoms with E-state index in [0.717, 1.165) is 22.4 Å². The Morgan fingerprint density at radius 1 is 0.886 bits per heavy atom. The summed E-state index contributed by atoms with van der Waals surface area (Å²) in [6.07, 6.45) is 1.84. The number of hydrogen-bond donors (Lipinski definition) is 0. The van der Waals surface area contributed by atoms with E-state index in [0.29, 0.717) is 39.6 Å². The van der Waals surface area contributed by atoms with Gasteiger partial charge in [-0.05, 0) is 78.6 Å². The highest BCUT2D eigenvalue weighted by Crippen LogP contribution is 2.31. The number of benzene rings is 4. The lowest BCUT2D eigenvalue weighted by Gasteiger charge is -2.24. The molecule has 0 N–H and O–H groups in total. The van der Waals surface area contributed by atoms with Crippen molar-refractivity contribution in [1.29, 1.82) is 0 Å². The number of ether oxygens (including phenoxy) is 3. The molecule has 2 heterocycles. The first-order chi connectivity index (χ1) is 21.5. The molecule has 5 aromatic rings. The monoisotopic (exact) mass is 604 g/mol. The van der Waals surface area contributed by atoms with E-state index >= 15 is 0 Å². The van der Waals surface area contributed by atoms with E-state index in [2.05, 4.69) is 29.3 Å². The normalized spacial score (nSPS) is 14.7. The summed E-state index contributed by atoms with van der Waals surface area (Å²) in [5.74, 6) is 0.967. The van der Waals surface area contributed by atoms with Gasteiger partial charge in [0, 0.05) is 0 Å². The van der Waals surface area contributed by atoms with Gasteiger partial charge in [-0.15, -0.1) is 0 Å². The van der Waals surface area contributed by atoms with Crippen molar-refractivity contribution in [3.8, 4) is 11.5 Å². The summed E-state index contributed by atoms with van der Waals surface area (Å²) in [6.45, 7) is 6.67. The highest BCUT2D eigenvalue weighted by molar-refractivity contribution is 7.07. The molecule has 1 atom stereocenters. The number of esters is 1. The molecule has 8 heteroatoms. The Morgan fingerprint density at radius 3 is 2.34 bits per heavy atom.